The minimum absolute atomic E-state index is 0.0437. The summed E-state index contributed by atoms with van der Waals surface area (Å²) in [6.07, 6.45) is 0. The van der Waals surface area contributed by atoms with Gasteiger partial charge in [0.25, 0.3) is 0 Å². The summed E-state index contributed by atoms with van der Waals surface area (Å²) in [6, 6.07) is 18.1. The monoisotopic (exact) mass is 385 g/mol. The number of hydrogen-bond donors (Lipinski definition) is 1. The van der Waals surface area contributed by atoms with Crippen LogP contribution in [-0.2, 0) is 20.4 Å². The predicted molar refractivity (Wildman–Crippen MR) is 100 cm³/mol. The third kappa shape index (κ3) is 5.24. The molecule has 3 rings (SSSR count). The minimum Gasteiger partial charge on any atom is -0.349 e. The Morgan fingerprint density at radius 2 is 1.70 bits per heavy atom. The third-order valence-corrected chi connectivity index (χ3v) is 5.26. The highest BCUT2D eigenvalue weighted by Crippen LogP contribution is 2.16. The Morgan fingerprint density at radius 3 is 2.37 bits per heavy atom. The Bertz CT molecular complexity index is 1000. The van der Waals surface area contributed by atoms with E-state index in [2.05, 4.69) is 15.5 Å². The van der Waals surface area contributed by atoms with Crippen LogP contribution in [0.25, 0.3) is 11.4 Å². The Morgan fingerprint density at radius 1 is 1.07 bits per heavy atom. The zero-order valence-electron chi connectivity index (χ0n) is 14.7. The molecule has 27 heavy (non-hydrogen) atoms. The van der Waals surface area contributed by atoms with Gasteiger partial charge in [0.15, 0.2) is 9.84 Å². The summed E-state index contributed by atoms with van der Waals surface area (Å²) in [5.41, 5.74) is 1.62. The number of hydrogen-bond acceptors (Lipinski definition) is 6. The van der Waals surface area contributed by atoms with Crippen molar-refractivity contribution >= 4 is 15.7 Å². The number of aromatic nitrogens is 2. The summed E-state index contributed by atoms with van der Waals surface area (Å²) in [6.45, 7) is 1.80. The average molecular weight is 385 g/mol. The van der Waals surface area contributed by atoms with Gasteiger partial charge in [0.05, 0.1) is 6.04 Å². The van der Waals surface area contributed by atoms with Crippen molar-refractivity contribution < 1.29 is 17.7 Å². The van der Waals surface area contributed by atoms with Gasteiger partial charge in [-0.3, -0.25) is 4.79 Å². The van der Waals surface area contributed by atoms with E-state index in [-0.39, 0.29) is 11.9 Å². The van der Waals surface area contributed by atoms with E-state index in [1.54, 1.807) is 19.1 Å². The van der Waals surface area contributed by atoms with E-state index in [0.717, 1.165) is 11.1 Å². The molecular formula is C19H19N3O4S. The quantitative estimate of drug-likeness (QED) is 0.670. The van der Waals surface area contributed by atoms with Crippen LogP contribution >= 0.6 is 0 Å². The van der Waals surface area contributed by atoms with Gasteiger partial charge in [0, 0.05) is 5.56 Å². The zero-order chi connectivity index (χ0) is 19.3. The molecule has 1 atom stereocenters. The molecule has 3 aromatic rings. The lowest BCUT2D eigenvalue weighted by Crippen LogP contribution is -2.32. The second-order valence-electron chi connectivity index (χ2n) is 6.11. The van der Waals surface area contributed by atoms with Crippen LogP contribution in [0, 0.1) is 0 Å². The summed E-state index contributed by atoms with van der Waals surface area (Å²) in [5.74, 6) is -1.44. The molecule has 1 heterocycles. The molecule has 1 N–H and O–H groups in total. The summed E-state index contributed by atoms with van der Waals surface area (Å²) in [7, 11) is -3.74. The lowest BCUT2D eigenvalue weighted by Gasteiger charge is -2.14. The van der Waals surface area contributed by atoms with E-state index in [4.69, 9.17) is 4.52 Å². The van der Waals surface area contributed by atoms with E-state index in [0.29, 0.717) is 5.82 Å². The molecule has 0 saturated carbocycles. The van der Waals surface area contributed by atoms with Crippen LogP contribution in [0.2, 0.25) is 0 Å². The minimum atomic E-state index is -3.74. The molecule has 1 unspecified atom stereocenters. The lowest BCUT2D eigenvalue weighted by molar-refractivity contribution is -0.119. The highest BCUT2D eigenvalue weighted by molar-refractivity contribution is 7.91. The number of sulfone groups is 1. The standard InChI is InChI=1S/C19H19N3O4S/c1-14(15-8-4-2-5-9-15)20-17(23)12-27(24,25)13-18-21-19(22-26-18)16-10-6-3-7-11-16/h2-11,14H,12-13H2,1H3,(H,20,23). The summed E-state index contributed by atoms with van der Waals surface area (Å²) in [4.78, 5) is 16.2. The molecule has 0 aliphatic heterocycles. The van der Waals surface area contributed by atoms with Gasteiger partial charge >= 0.3 is 0 Å². The Hall–Kier alpha value is -3.00. The van der Waals surface area contributed by atoms with Gasteiger partial charge in [0.2, 0.25) is 17.6 Å². The van der Waals surface area contributed by atoms with Gasteiger partial charge in [-0.25, -0.2) is 8.42 Å². The van der Waals surface area contributed by atoms with Gasteiger partial charge in [0.1, 0.15) is 11.5 Å². The van der Waals surface area contributed by atoms with Crippen LogP contribution in [0.5, 0.6) is 0 Å². The first-order valence-electron chi connectivity index (χ1n) is 8.36. The SMILES string of the molecule is CC(NC(=O)CS(=O)(=O)Cc1nc(-c2ccccc2)no1)c1ccccc1. The van der Waals surface area contributed by atoms with Gasteiger partial charge in [-0.1, -0.05) is 65.8 Å². The number of carbonyl (C=O) groups excluding carboxylic acids is 1. The van der Waals surface area contributed by atoms with Crippen molar-refractivity contribution in [1.29, 1.82) is 0 Å². The van der Waals surface area contributed by atoms with E-state index in [1.165, 1.54) is 0 Å². The highest BCUT2D eigenvalue weighted by atomic mass is 32.2. The molecule has 1 amide bonds. The Kier molecular flexibility index (Phi) is 5.66. The molecule has 0 saturated heterocycles. The molecule has 2 aromatic carbocycles. The maximum atomic E-state index is 12.3. The molecule has 7 nitrogen and oxygen atoms in total. The maximum Gasteiger partial charge on any atom is 0.242 e. The smallest absolute Gasteiger partial charge is 0.242 e. The summed E-state index contributed by atoms with van der Waals surface area (Å²) < 4.78 is 29.6. The number of amides is 1. The first-order chi connectivity index (χ1) is 12.9. The predicted octanol–water partition coefficient (Wildman–Crippen LogP) is 2.53. The number of nitrogens with one attached hydrogen (secondary N) is 1. The molecule has 0 bridgehead atoms. The fraction of sp³-hybridized carbons (Fsp3) is 0.211. The van der Waals surface area contributed by atoms with Crippen LogP contribution < -0.4 is 5.32 Å². The molecule has 0 spiro atoms. The zero-order valence-corrected chi connectivity index (χ0v) is 15.5. The van der Waals surface area contributed by atoms with Crippen molar-refractivity contribution in [2.45, 2.75) is 18.7 Å². The van der Waals surface area contributed by atoms with Crippen LogP contribution in [-0.4, -0.2) is 30.2 Å². The van der Waals surface area contributed by atoms with Crippen LogP contribution in [0.1, 0.15) is 24.4 Å². The number of benzene rings is 2. The fourth-order valence-corrected chi connectivity index (χ4v) is 3.64. The van der Waals surface area contributed by atoms with Crippen LogP contribution in [0.3, 0.4) is 0 Å². The normalized spacial score (nSPS) is 12.5. The van der Waals surface area contributed by atoms with Crippen LogP contribution in [0.4, 0.5) is 0 Å². The fourth-order valence-electron chi connectivity index (χ4n) is 2.57. The van der Waals surface area contributed by atoms with E-state index in [9.17, 15) is 13.2 Å². The van der Waals surface area contributed by atoms with Gasteiger partial charge in [-0.2, -0.15) is 4.98 Å². The second-order valence-corrected chi connectivity index (χ2v) is 8.17. The molecule has 0 aliphatic carbocycles. The van der Waals surface area contributed by atoms with Crippen molar-refractivity contribution in [3.8, 4) is 11.4 Å². The molecule has 1 aromatic heterocycles. The molecule has 0 aliphatic rings. The van der Waals surface area contributed by atoms with Crippen molar-refractivity contribution in [3.63, 3.8) is 0 Å². The first kappa shape index (κ1) is 18.8. The average Bonchev–Trinajstić information content (AvgIpc) is 3.10. The van der Waals surface area contributed by atoms with Crippen LogP contribution in [0.15, 0.2) is 65.2 Å². The van der Waals surface area contributed by atoms with Crippen molar-refractivity contribution in [3.05, 3.63) is 72.1 Å². The van der Waals surface area contributed by atoms with Crippen molar-refractivity contribution in [2.75, 3.05) is 5.75 Å². The topological polar surface area (TPSA) is 102 Å². The molecule has 0 fully saturated rings. The number of carbonyl (C=O) groups is 1. The second kappa shape index (κ2) is 8.13. The summed E-state index contributed by atoms with van der Waals surface area (Å²) >= 11 is 0. The van der Waals surface area contributed by atoms with Crippen molar-refractivity contribution in [1.82, 2.24) is 15.5 Å². The number of nitrogens with zero attached hydrogens (tertiary/aromatic N) is 2. The van der Waals surface area contributed by atoms with Gasteiger partial charge < -0.3 is 9.84 Å². The molecule has 0 radical (unpaired) electrons. The third-order valence-electron chi connectivity index (χ3n) is 3.87. The Balaban J connectivity index is 1.60. The van der Waals surface area contributed by atoms with E-state index >= 15 is 0 Å². The first-order valence-corrected chi connectivity index (χ1v) is 10.2. The molecule has 140 valence electrons. The van der Waals surface area contributed by atoms with E-state index < -0.39 is 27.3 Å². The van der Waals surface area contributed by atoms with E-state index in [1.807, 2.05) is 48.5 Å². The number of rotatable bonds is 7. The lowest BCUT2D eigenvalue weighted by atomic mass is 10.1. The van der Waals surface area contributed by atoms with Crippen molar-refractivity contribution in [2.24, 2.45) is 0 Å². The Labute approximate surface area is 157 Å². The van der Waals surface area contributed by atoms with Gasteiger partial charge in [-0.15, -0.1) is 0 Å². The molecule has 8 heteroatoms. The largest absolute Gasteiger partial charge is 0.349 e. The van der Waals surface area contributed by atoms with Gasteiger partial charge in [-0.05, 0) is 12.5 Å². The maximum absolute atomic E-state index is 12.3. The molecular weight excluding hydrogens is 366 g/mol. The highest BCUT2D eigenvalue weighted by Gasteiger charge is 2.22. The summed E-state index contributed by atoms with van der Waals surface area (Å²) in [5, 5.41) is 6.47.